The minimum atomic E-state index is -0.442. The van der Waals surface area contributed by atoms with E-state index in [1.165, 1.54) is 18.2 Å². The molecule has 0 aromatic heterocycles. The Hall–Kier alpha value is -3.60. The minimum absolute atomic E-state index is 0.0777. The zero-order chi connectivity index (χ0) is 24.5. The SMILES string of the molecule is COC(=O)c1ccc(C(=O)Nc2ccccc2Oc2ccc3c(c2)C(C)(C)CCC3(C)C)cc1. The Labute approximate surface area is 201 Å². The van der Waals surface area contributed by atoms with Gasteiger partial charge in [-0.3, -0.25) is 4.79 Å². The molecular weight excluding hydrogens is 426 g/mol. The van der Waals surface area contributed by atoms with Gasteiger partial charge < -0.3 is 14.8 Å². The Balaban J connectivity index is 1.57. The molecule has 0 spiro atoms. The van der Waals surface area contributed by atoms with Gasteiger partial charge in [-0.15, -0.1) is 0 Å². The predicted molar refractivity (Wildman–Crippen MR) is 134 cm³/mol. The summed E-state index contributed by atoms with van der Waals surface area (Å²) in [4.78, 5) is 24.5. The number of methoxy groups -OCH3 is 1. The van der Waals surface area contributed by atoms with Gasteiger partial charge in [0.1, 0.15) is 5.75 Å². The highest BCUT2D eigenvalue weighted by Gasteiger charge is 2.37. The first kappa shape index (κ1) is 23.6. The number of hydrogen-bond acceptors (Lipinski definition) is 4. The number of carbonyl (C=O) groups excluding carboxylic acids is 2. The lowest BCUT2D eigenvalue weighted by Crippen LogP contribution is -2.33. The quantitative estimate of drug-likeness (QED) is 0.425. The van der Waals surface area contributed by atoms with E-state index in [-0.39, 0.29) is 16.7 Å². The van der Waals surface area contributed by atoms with E-state index in [1.807, 2.05) is 30.3 Å². The van der Waals surface area contributed by atoms with Crippen LogP contribution in [0.3, 0.4) is 0 Å². The fourth-order valence-corrected chi connectivity index (χ4v) is 4.49. The first-order valence-corrected chi connectivity index (χ1v) is 11.5. The van der Waals surface area contributed by atoms with Gasteiger partial charge in [-0.2, -0.15) is 0 Å². The van der Waals surface area contributed by atoms with Gasteiger partial charge in [0.15, 0.2) is 5.75 Å². The summed E-state index contributed by atoms with van der Waals surface area (Å²) >= 11 is 0. The number of hydrogen-bond donors (Lipinski definition) is 1. The van der Waals surface area contributed by atoms with Crippen LogP contribution in [0, 0.1) is 0 Å². The molecule has 0 saturated carbocycles. The summed E-state index contributed by atoms with van der Waals surface area (Å²) in [6.45, 7) is 9.16. The number of esters is 1. The molecule has 4 rings (SSSR count). The van der Waals surface area contributed by atoms with Crippen LogP contribution in [0.5, 0.6) is 11.5 Å². The molecule has 0 fully saturated rings. The molecule has 5 nitrogen and oxygen atoms in total. The van der Waals surface area contributed by atoms with Crippen LogP contribution in [0.25, 0.3) is 0 Å². The summed E-state index contributed by atoms with van der Waals surface area (Å²) < 4.78 is 11.0. The Kier molecular flexibility index (Phi) is 6.22. The van der Waals surface area contributed by atoms with Gasteiger partial charge in [0, 0.05) is 5.56 Å². The molecule has 0 atom stereocenters. The summed E-state index contributed by atoms with van der Waals surface area (Å²) in [5.74, 6) is 0.576. The summed E-state index contributed by atoms with van der Waals surface area (Å²) in [6, 6.07) is 20.0. The molecule has 0 unspecified atom stereocenters. The van der Waals surface area contributed by atoms with Crippen molar-refractivity contribution in [3.8, 4) is 11.5 Å². The van der Waals surface area contributed by atoms with Gasteiger partial charge in [-0.05, 0) is 83.3 Å². The van der Waals surface area contributed by atoms with Gasteiger partial charge in [0.2, 0.25) is 0 Å². The van der Waals surface area contributed by atoms with Crippen LogP contribution >= 0.6 is 0 Å². The van der Waals surface area contributed by atoms with E-state index in [4.69, 9.17) is 9.47 Å². The third-order valence-electron chi connectivity index (χ3n) is 6.76. The molecule has 5 heteroatoms. The summed E-state index contributed by atoms with van der Waals surface area (Å²) in [5, 5.41) is 2.92. The lowest BCUT2D eigenvalue weighted by molar-refractivity contribution is 0.0600. The monoisotopic (exact) mass is 457 g/mol. The zero-order valence-corrected chi connectivity index (χ0v) is 20.4. The standard InChI is InChI=1S/C29H31NO4/c1-28(2)16-17-29(3,4)23-18-21(14-15-22(23)28)34-25-9-7-6-8-24(25)30-26(31)19-10-12-20(13-11-19)27(32)33-5/h6-15,18H,16-17H2,1-5H3,(H,30,31). The molecule has 1 amide bonds. The second-order valence-electron chi connectivity index (χ2n) is 10.1. The largest absolute Gasteiger partial charge is 0.465 e. The van der Waals surface area contributed by atoms with E-state index in [0.29, 0.717) is 22.6 Å². The van der Waals surface area contributed by atoms with Crippen LogP contribution in [-0.2, 0) is 15.6 Å². The normalized spacial score (nSPS) is 15.7. The maximum atomic E-state index is 12.8. The number of fused-ring (bicyclic) bond motifs is 1. The lowest BCUT2D eigenvalue weighted by atomic mass is 9.63. The first-order chi connectivity index (χ1) is 16.1. The number of anilines is 1. The third-order valence-corrected chi connectivity index (χ3v) is 6.76. The number of amides is 1. The van der Waals surface area contributed by atoms with Crippen LogP contribution in [-0.4, -0.2) is 19.0 Å². The van der Waals surface area contributed by atoms with E-state index in [0.717, 1.165) is 18.6 Å². The average Bonchev–Trinajstić information content (AvgIpc) is 2.83. The highest BCUT2D eigenvalue weighted by atomic mass is 16.5. The molecule has 0 saturated heterocycles. The highest BCUT2D eigenvalue weighted by molar-refractivity contribution is 6.05. The minimum Gasteiger partial charge on any atom is -0.465 e. The number of benzene rings is 3. The van der Waals surface area contributed by atoms with Gasteiger partial charge in [-0.1, -0.05) is 45.9 Å². The number of nitrogens with one attached hydrogen (secondary N) is 1. The third kappa shape index (κ3) is 4.69. The van der Waals surface area contributed by atoms with Crippen molar-refractivity contribution in [2.24, 2.45) is 0 Å². The molecule has 0 aliphatic heterocycles. The van der Waals surface area contributed by atoms with E-state index in [9.17, 15) is 9.59 Å². The van der Waals surface area contributed by atoms with E-state index >= 15 is 0 Å². The molecule has 1 N–H and O–H groups in total. The lowest BCUT2D eigenvalue weighted by Gasteiger charge is -2.41. The summed E-state index contributed by atoms with van der Waals surface area (Å²) in [5.41, 5.74) is 4.29. The number of ether oxygens (including phenoxy) is 2. The highest BCUT2D eigenvalue weighted by Crippen LogP contribution is 2.47. The van der Waals surface area contributed by atoms with Crippen LogP contribution in [0.4, 0.5) is 5.69 Å². The van der Waals surface area contributed by atoms with Crippen molar-refractivity contribution in [3.63, 3.8) is 0 Å². The Morgan fingerprint density at radius 1 is 0.794 bits per heavy atom. The second-order valence-corrected chi connectivity index (χ2v) is 10.1. The van der Waals surface area contributed by atoms with E-state index in [2.05, 4.69) is 45.1 Å². The average molecular weight is 458 g/mol. The van der Waals surface area contributed by atoms with Gasteiger partial charge >= 0.3 is 5.97 Å². The molecule has 1 aliphatic rings. The number of para-hydroxylation sites is 2. The Bertz CT molecular complexity index is 1230. The van der Waals surface area contributed by atoms with Crippen molar-refractivity contribution < 1.29 is 19.1 Å². The van der Waals surface area contributed by atoms with E-state index in [1.54, 1.807) is 24.3 Å². The van der Waals surface area contributed by atoms with Crippen molar-refractivity contribution in [1.82, 2.24) is 0 Å². The molecule has 0 heterocycles. The van der Waals surface area contributed by atoms with Crippen LogP contribution in [0.15, 0.2) is 66.7 Å². The summed E-state index contributed by atoms with van der Waals surface area (Å²) in [6.07, 6.45) is 2.28. The molecule has 1 aliphatic carbocycles. The Morgan fingerprint density at radius 2 is 1.41 bits per heavy atom. The number of rotatable bonds is 5. The molecule has 3 aromatic rings. The zero-order valence-electron chi connectivity index (χ0n) is 20.4. The number of carbonyl (C=O) groups is 2. The van der Waals surface area contributed by atoms with Crippen LogP contribution in [0.1, 0.15) is 72.4 Å². The van der Waals surface area contributed by atoms with Crippen LogP contribution in [0.2, 0.25) is 0 Å². The maximum absolute atomic E-state index is 12.8. The molecule has 0 bridgehead atoms. The Morgan fingerprint density at radius 3 is 2.09 bits per heavy atom. The summed E-state index contributed by atoms with van der Waals surface area (Å²) in [7, 11) is 1.32. The molecule has 0 radical (unpaired) electrons. The van der Waals surface area contributed by atoms with Gasteiger partial charge in [0.05, 0.1) is 18.4 Å². The molecule has 34 heavy (non-hydrogen) atoms. The van der Waals surface area contributed by atoms with Crippen LogP contribution < -0.4 is 10.1 Å². The van der Waals surface area contributed by atoms with Crippen molar-refractivity contribution in [1.29, 1.82) is 0 Å². The molecular formula is C29H31NO4. The fourth-order valence-electron chi connectivity index (χ4n) is 4.49. The van der Waals surface area contributed by atoms with Crippen molar-refractivity contribution >= 4 is 17.6 Å². The maximum Gasteiger partial charge on any atom is 0.337 e. The molecule has 3 aromatic carbocycles. The van der Waals surface area contributed by atoms with Crippen molar-refractivity contribution in [2.45, 2.75) is 51.4 Å². The topological polar surface area (TPSA) is 64.6 Å². The fraction of sp³-hybridized carbons (Fsp3) is 0.310. The van der Waals surface area contributed by atoms with Gasteiger partial charge in [-0.25, -0.2) is 4.79 Å². The van der Waals surface area contributed by atoms with Crippen molar-refractivity contribution in [3.05, 3.63) is 89.0 Å². The van der Waals surface area contributed by atoms with Crippen molar-refractivity contribution in [2.75, 3.05) is 12.4 Å². The van der Waals surface area contributed by atoms with E-state index < -0.39 is 5.97 Å². The van der Waals surface area contributed by atoms with Gasteiger partial charge in [0.25, 0.3) is 5.91 Å². The first-order valence-electron chi connectivity index (χ1n) is 11.5. The predicted octanol–water partition coefficient (Wildman–Crippen LogP) is 6.87. The second kappa shape index (κ2) is 8.98. The molecule has 176 valence electrons. The smallest absolute Gasteiger partial charge is 0.337 e.